The van der Waals surface area contributed by atoms with Crippen LogP contribution in [0.15, 0.2) is 30.6 Å². The first-order valence-electron chi connectivity index (χ1n) is 6.40. The minimum atomic E-state index is -0.0906. The van der Waals surface area contributed by atoms with Crippen LogP contribution in [0.3, 0.4) is 0 Å². The van der Waals surface area contributed by atoms with Crippen LogP contribution in [0.4, 0.5) is 0 Å². The van der Waals surface area contributed by atoms with Crippen molar-refractivity contribution in [2.45, 2.75) is 13.3 Å². The summed E-state index contributed by atoms with van der Waals surface area (Å²) in [5.74, 6) is -0.0906. The second-order valence-electron chi connectivity index (χ2n) is 4.45. The van der Waals surface area contributed by atoms with Crippen molar-refractivity contribution >= 4 is 34.1 Å². The highest BCUT2D eigenvalue weighted by Gasteiger charge is 2.16. The minimum absolute atomic E-state index is 0.0906. The number of nitrogens with two attached hydrogens (primary N) is 1. The van der Waals surface area contributed by atoms with Crippen LogP contribution in [-0.2, 0) is 0 Å². The molecular formula is C14H16N4OS. The molecule has 1 heterocycles. The molecule has 2 rings (SSSR count). The summed E-state index contributed by atoms with van der Waals surface area (Å²) >= 11 is 4.89. The van der Waals surface area contributed by atoms with Crippen LogP contribution in [0.25, 0.3) is 11.0 Å². The number of rotatable bonds is 5. The molecule has 0 saturated carbocycles. The maximum Gasteiger partial charge on any atom is 0.254 e. The Balaban J connectivity index is 2.30. The van der Waals surface area contributed by atoms with Gasteiger partial charge in [-0.15, -0.1) is 0 Å². The van der Waals surface area contributed by atoms with Crippen molar-refractivity contribution in [2.24, 2.45) is 5.73 Å². The van der Waals surface area contributed by atoms with Crippen molar-refractivity contribution in [3.8, 4) is 0 Å². The highest BCUT2D eigenvalue weighted by molar-refractivity contribution is 7.80. The lowest BCUT2D eigenvalue weighted by molar-refractivity contribution is 0.0780. The Morgan fingerprint density at radius 1 is 1.30 bits per heavy atom. The molecule has 0 radical (unpaired) electrons. The Kier molecular flexibility index (Phi) is 4.57. The van der Waals surface area contributed by atoms with E-state index in [1.165, 1.54) is 0 Å². The monoisotopic (exact) mass is 288 g/mol. The molecule has 0 unspecified atom stereocenters. The number of carbonyl (C=O) groups is 1. The standard InChI is InChI=1S/C14H16N4OS/c1-2-7-18(9-13(15)20)14(19)10-3-4-11-12(8-10)17-6-5-16-11/h3-6,8H,2,7,9H2,1H3,(H2,15,20). The number of carbonyl (C=O) groups excluding carboxylic acids is 1. The molecule has 0 aliphatic rings. The number of hydrogen-bond donors (Lipinski definition) is 1. The molecule has 0 saturated heterocycles. The van der Waals surface area contributed by atoms with Gasteiger partial charge in [0.05, 0.1) is 22.6 Å². The normalized spacial score (nSPS) is 10.4. The summed E-state index contributed by atoms with van der Waals surface area (Å²) in [6, 6.07) is 5.29. The number of nitrogens with zero attached hydrogens (tertiary/aromatic N) is 3. The molecule has 104 valence electrons. The summed E-state index contributed by atoms with van der Waals surface area (Å²) in [4.78, 5) is 22.8. The fourth-order valence-corrected chi connectivity index (χ4v) is 2.15. The van der Waals surface area contributed by atoms with E-state index in [9.17, 15) is 4.79 Å². The van der Waals surface area contributed by atoms with Gasteiger partial charge in [0.1, 0.15) is 0 Å². The van der Waals surface area contributed by atoms with Crippen molar-refractivity contribution in [1.29, 1.82) is 0 Å². The van der Waals surface area contributed by atoms with Gasteiger partial charge in [-0.2, -0.15) is 0 Å². The fraction of sp³-hybridized carbons (Fsp3) is 0.286. The molecule has 1 aromatic carbocycles. The van der Waals surface area contributed by atoms with Gasteiger partial charge in [0.15, 0.2) is 0 Å². The molecule has 0 atom stereocenters. The summed E-state index contributed by atoms with van der Waals surface area (Å²) in [6.45, 7) is 2.92. The van der Waals surface area contributed by atoms with Crippen LogP contribution >= 0.6 is 12.2 Å². The van der Waals surface area contributed by atoms with Crippen molar-refractivity contribution in [3.05, 3.63) is 36.2 Å². The van der Waals surface area contributed by atoms with E-state index in [4.69, 9.17) is 18.0 Å². The van der Waals surface area contributed by atoms with Crippen LogP contribution in [0, 0.1) is 0 Å². The first kappa shape index (κ1) is 14.3. The van der Waals surface area contributed by atoms with E-state index in [1.54, 1.807) is 35.5 Å². The molecule has 6 heteroatoms. The number of benzene rings is 1. The third kappa shape index (κ3) is 3.27. The van der Waals surface area contributed by atoms with Gasteiger partial charge in [-0.1, -0.05) is 19.1 Å². The van der Waals surface area contributed by atoms with Crippen molar-refractivity contribution in [2.75, 3.05) is 13.1 Å². The lowest BCUT2D eigenvalue weighted by atomic mass is 10.1. The average Bonchev–Trinajstić information content (AvgIpc) is 2.45. The molecule has 0 aliphatic carbocycles. The third-order valence-electron chi connectivity index (χ3n) is 2.84. The number of aromatic nitrogens is 2. The highest BCUT2D eigenvalue weighted by Crippen LogP contribution is 2.13. The molecule has 2 aromatic rings. The van der Waals surface area contributed by atoms with E-state index < -0.39 is 0 Å². The highest BCUT2D eigenvalue weighted by atomic mass is 32.1. The molecule has 5 nitrogen and oxygen atoms in total. The van der Waals surface area contributed by atoms with Gasteiger partial charge in [-0.25, -0.2) is 0 Å². The minimum Gasteiger partial charge on any atom is -0.392 e. The third-order valence-corrected chi connectivity index (χ3v) is 2.97. The number of amides is 1. The van der Waals surface area contributed by atoms with Gasteiger partial charge in [-0.05, 0) is 24.6 Å². The Bertz CT molecular complexity index is 644. The molecule has 1 aromatic heterocycles. The van der Waals surface area contributed by atoms with Gasteiger partial charge in [0, 0.05) is 24.5 Å². The van der Waals surface area contributed by atoms with E-state index >= 15 is 0 Å². The fourth-order valence-electron chi connectivity index (χ4n) is 1.99. The van der Waals surface area contributed by atoms with E-state index in [0.29, 0.717) is 29.2 Å². The summed E-state index contributed by atoms with van der Waals surface area (Å²) in [6.07, 6.45) is 4.08. The van der Waals surface area contributed by atoms with Crippen LogP contribution in [0.5, 0.6) is 0 Å². The van der Waals surface area contributed by atoms with E-state index in [1.807, 2.05) is 6.92 Å². The lowest BCUT2D eigenvalue weighted by Crippen LogP contribution is -2.38. The lowest BCUT2D eigenvalue weighted by Gasteiger charge is -2.21. The molecule has 0 spiro atoms. The molecule has 0 aliphatic heterocycles. The van der Waals surface area contributed by atoms with Crippen LogP contribution < -0.4 is 5.73 Å². The first-order chi connectivity index (χ1) is 9.61. The summed E-state index contributed by atoms with van der Waals surface area (Å²) in [7, 11) is 0. The van der Waals surface area contributed by atoms with E-state index in [0.717, 1.165) is 11.9 Å². The van der Waals surface area contributed by atoms with Gasteiger partial charge in [0.25, 0.3) is 5.91 Å². The van der Waals surface area contributed by atoms with E-state index in [2.05, 4.69) is 9.97 Å². The second-order valence-corrected chi connectivity index (χ2v) is 4.98. The SMILES string of the molecule is CCCN(CC(N)=S)C(=O)c1ccc2nccnc2c1. The second kappa shape index (κ2) is 6.38. The molecule has 2 N–H and O–H groups in total. The topological polar surface area (TPSA) is 72.1 Å². The van der Waals surface area contributed by atoms with Crippen LogP contribution in [0.2, 0.25) is 0 Å². The summed E-state index contributed by atoms with van der Waals surface area (Å²) in [5.41, 5.74) is 7.58. The Labute approximate surface area is 122 Å². The average molecular weight is 288 g/mol. The van der Waals surface area contributed by atoms with Gasteiger partial charge >= 0.3 is 0 Å². The maximum atomic E-state index is 12.5. The maximum absolute atomic E-state index is 12.5. The van der Waals surface area contributed by atoms with Gasteiger partial charge < -0.3 is 10.6 Å². The zero-order chi connectivity index (χ0) is 14.5. The first-order valence-corrected chi connectivity index (χ1v) is 6.81. The number of hydrogen-bond acceptors (Lipinski definition) is 4. The number of fused-ring (bicyclic) bond motifs is 1. The van der Waals surface area contributed by atoms with Gasteiger partial charge in [-0.3, -0.25) is 14.8 Å². The van der Waals surface area contributed by atoms with Crippen molar-refractivity contribution in [3.63, 3.8) is 0 Å². The summed E-state index contributed by atoms with van der Waals surface area (Å²) < 4.78 is 0. The number of thiocarbonyl (C=S) groups is 1. The zero-order valence-electron chi connectivity index (χ0n) is 11.2. The molecule has 0 bridgehead atoms. The van der Waals surface area contributed by atoms with Crippen LogP contribution in [0.1, 0.15) is 23.7 Å². The molecule has 1 amide bonds. The van der Waals surface area contributed by atoms with Crippen LogP contribution in [-0.4, -0.2) is 38.9 Å². The largest absolute Gasteiger partial charge is 0.392 e. The molecular weight excluding hydrogens is 272 g/mol. The predicted octanol–water partition coefficient (Wildman–Crippen LogP) is 1.77. The van der Waals surface area contributed by atoms with Crippen molar-refractivity contribution in [1.82, 2.24) is 14.9 Å². The Hall–Kier alpha value is -2.08. The zero-order valence-corrected chi connectivity index (χ0v) is 12.1. The summed E-state index contributed by atoms with van der Waals surface area (Å²) in [5, 5.41) is 0. The smallest absolute Gasteiger partial charge is 0.254 e. The Morgan fingerprint density at radius 3 is 2.65 bits per heavy atom. The molecule has 20 heavy (non-hydrogen) atoms. The van der Waals surface area contributed by atoms with Gasteiger partial charge in [0.2, 0.25) is 0 Å². The predicted molar refractivity (Wildman–Crippen MR) is 82.5 cm³/mol. The Morgan fingerprint density at radius 2 is 2.00 bits per heavy atom. The van der Waals surface area contributed by atoms with Crippen molar-refractivity contribution < 1.29 is 4.79 Å². The van der Waals surface area contributed by atoms with E-state index in [-0.39, 0.29) is 5.91 Å². The molecule has 0 fully saturated rings. The quantitative estimate of drug-likeness (QED) is 0.849.